The zero-order chi connectivity index (χ0) is 13.4. The van der Waals surface area contributed by atoms with Crippen LogP contribution in [0.3, 0.4) is 0 Å². The number of hydrogen-bond acceptors (Lipinski definition) is 3. The fourth-order valence-electron chi connectivity index (χ4n) is 2.15. The van der Waals surface area contributed by atoms with Crippen molar-refractivity contribution in [3.63, 3.8) is 0 Å². The molecule has 1 aromatic heterocycles. The predicted octanol–water partition coefficient (Wildman–Crippen LogP) is 1.90. The lowest BCUT2D eigenvalue weighted by atomic mass is 10.1. The predicted molar refractivity (Wildman–Crippen MR) is 70.2 cm³/mol. The molecule has 0 unspecified atom stereocenters. The average molecular weight is 256 g/mol. The molecule has 3 rings (SSSR count). The Morgan fingerprint density at radius 2 is 1.89 bits per heavy atom. The van der Waals surface area contributed by atoms with Crippen molar-refractivity contribution < 1.29 is 14.0 Å². The Morgan fingerprint density at radius 1 is 1.16 bits per heavy atom. The van der Waals surface area contributed by atoms with Gasteiger partial charge in [-0.1, -0.05) is 12.1 Å². The summed E-state index contributed by atoms with van der Waals surface area (Å²) in [7, 11) is 1.70. The number of amides is 2. The Kier molecular flexibility index (Phi) is 2.59. The molecule has 0 atom stereocenters. The van der Waals surface area contributed by atoms with Crippen molar-refractivity contribution >= 4 is 23.2 Å². The highest BCUT2D eigenvalue weighted by molar-refractivity contribution is 6.14. The first kappa shape index (κ1) is 11.5. The van der Waals surface area contributed by atoms with Gasteiger partial charge in [-0.05, 0) is 24.3 Å². The van der Waals surface area contributed by atoms with Gasteiger partial charge < -0.3 is 9.32 Å². The monoisotopic (exact) mass is 256 g/mol. The van der Waals surface area contributed by atoms with Gasteiger partial charge in [-0.25, -0.2) is 0 Å². The van der Waals surface area contributed by atoms with Gasteiger partial charge in [-0.3, -0.25) is 14.5 Å². The van der Waals surface area contributed by atoms with E-state index in [9.17, 15) is 9.59 Å². The maximum absolute atomic E-state index is 12.3. The number of anilines is 2. The summed E-state index contributed by atoms with van der Waals surface area (Å²) in [5.41, 5.74) is 1.43. The maximum atomic E-state index is 12.3. The van der Waals surface area contributed by atoms with E-state index in [0.29, 0.717) is 5.69 Å². The van der Waals surface area contributed by atoms with Gasteiger partial charge in [0.2, 0.25) is 5.91 Å². The van der Waals surface area contributed by atoms with E-state index in [1.165, 1.54) is 11.2 Å². The summed E-state index contributed by atoms with van der Waals surface area (Å²) >= 11 is 0. The lowest BCUT2D eigenvalue weighted by Gasteiger charge is -2.33. The summed E-state index contributed by atoms with van der Waals surface area (Å²) in [4.78, 5) is 27.3. The smallest absolute Gasteiger partial charge is 0.294 e. The van der Waals surface area contributed by atoms with Crippen LogP contribution in [0, 0.1) is 0 Å². The van der Waals surface area contributed by atoms with E-state index in [4.69, 9.17) is 4.42 Å². The molecule has 1 aliphatic rings. The van der Waals surface area contributed by atoms with Gasteiger partial charge in [0, 0.05) is 7.05 Å². The number of hydrogen-bond donors (Lipinski definition) is 0. The molecule has 2 amide bonds. The molecule has 96 valence electrons. The molecule has 5 heteroatoms. The normalized spacial score (nSPS) is 14.5. The molecule has 1 aliphatic heterocycles. The minimum Gasteiger partial charge on any atom is -0.459 e. The number of furan rings is 1. The van der Waals surface area contributed by atoms with Crippen molar-refractivity contribution in [2.45, 2.75) is 0 Å². The van der Waals surface area contributed by atoms with Gasteiger partial charge in [0.15, 0.2) is 5.76 Å². The third-order valence-corrected chi connectivity index (χ3v) is 3.18. The highest BCUT2D eigenvalue weighted by Crippen LogP contribution is 2.33. The Balaban J connectivity index is 2.06. The Hall–Kier alpha value is -2.56. The van der Waals surface area contributed by atoms with E-state index >= 15 is 0 Å². The standard InChI is InChI=1S/C14H12N2O3/c1-15-10-5-2-3-6-11(10)16(9-13(15)17)14(18)12-7-4-8-19-12/h2-8H,9H2,1H3. The van der Waals surface area contributed by atoms with Crippen molar-refractivity contribution in [1.82, 2.24) is 0 Å². The molecule has 2 heterocycles. The second kappa shape index (κ2) is 4.28. The number of nitrogens with zero attached hydrogens (tertiary/aromatic N) is 2. The van der Waals surface area contributed by atoms with Crippen molar-refractivity contribution in [2.24, 2.45) is 0 Å². The molecule has 1 aromatic carbocycles. The lowest BCUT2D eigenvalue weighted by Crippen LogP contribution is -2.46. The van der Waals surface area contributed by atoms with E-state index in [2.05, 4.69) is 0 Å². The van der Waals surface area contributed by atoms with E-state index in [-0.39, 0.29) is 24.1 Å². The van der Waals surface area contributed by atoms with Crippen LogP contribution in [-0.2, 0) is 4.79 Å². The second-order valence-electron chi connectivity index (χ2n) is 4.31. The fourth-order valence-corrected chi connectivity index (χ4v) is 2.15. The summed E-state index contributed by atoms with van der Waals surface area (Å²) in [6.07, 6.45) is 1.44. The van der Waals surface area contributed by atoms with Gasteiger partial charge in [0.05, 0.1) is 17.6 Å². The van der Waals surface area contributed by atoms with Gasteiger partial charge in [0.1, 0.15) is 6.54 Å². The molecule has 0 bridgehead atoms. The zero-order valence-corrected chi connectivity index (χ0v) is 10.4. The average Bonchev–Trinajstić information content (AvgIpc) is 2.96. The number of carbonyl (C=O) groups excluding carboxylic acids is 2. The number of para-hydroxylation sites is 2. The Labute approximate surface area is 110 Å². The van der Waals surface area contributed by atoms with Crippen LogP contribution < -0.4 is 9.80 Å². The van der Waals surface area contributed by atoms with Crippen LogP contribution in [0.15, 0.2) is 47.1 Å². The summed E-state index contributed by atoms with van der Waals surface area (Å²) in [6.45, 7) is 0.0209. The lowest BCUT2D eigenvalue weighted by molar-refractivity contribution is -0.117. The molecule has 0 spiro atoms. The molecule has 2 aromatic rings. The van der Waals surface area contributed by atoms with Crippen LogP contribution in [0.4, 0.5) is 11.4 Å². The molecule has 0 fully saturated rings. The fraction of sp³-hybridized carbons (Fsp3) is 0.143. The van der Waals surface area contributed by atoms with E-state index in [1.54, 1.807) is 24.1 Å². The zero-order valence-electron chi connectivity index (χ0n) is 10.4. The minimum absolute atomic E-state index is 0.0209. The SMILES string of the molecule is CN1C(=O)CN(C(=O)c2ccco2)c2ccccc21. The number of rotatable bonds is 1. The summed E-state index contributed by atoms with van der Waals surface area (Å²) in [6, 6.07) is 10.5. The van der Waals surface area contributed by atoms with Crippen LogP contribution in [0.25, 0.3) is 0 Å². The highest BCUT2D eigenvalue weighted by atomic mass is 16.3. The molecule has 0 saturated heterocycles. The molecule has 0 radical (unpaired) electrons. The maximum Gasteiger partial charge on any atom is 0.294 e. The second-order valence-corrected chi connectivity index (χ2v) is 4.31. The summed E-state index contributed by atoms with van der Waals surface area (Å²) in [5, 5.41) is 0. The largest absolute Gasteiger partial charge is 0.459 e. The molecule has 19 heavy (non-hydrogen) atoms. The molecular weight excluding hydrogens is 244 g/mol. The molecular formula is C14H12N2O3. The Bertz CT molecular complexity index is 634. The van der Waals surface area contributed by atoms with Crippen LogP contribution >= 0.6 is 0 Å². The third kappa shape index (κ3) is 1.79. The first-order chi connectivity index (χ1) is 9.18. The topological polar surface area (TPSA) is 53.8 Å². The third-order valence-electron chi connectivity index (χ3n) is 3.18. The Morgan fingerprint density at radius 3 is 2.58 bits per heavy atom. The van der Waals surface area contributed by atoms with Crippen molar-refractivity contribution in [2.75, 3.05) is 23.4 Å². The number of likely N-dealkylation sites (N-methyl/N-ethyl adjacent to an activating group) is 1. The summed E-state index contributed by atoms with van der Waals surface area (Å²) in [5.74, 6) is -0.204. The van der Waals surface area contributed by atoms with Crippen LogP contribution in [0.2, 0.25) is 0 Å². The number of fused-ring (bicyclic) bond motifs is 1. The first-order valence-electron chi connectivity index (χ1n) is 5.89. The number of benzene rings is 1. The van der Waals surface area contributed by atoms with E-state index in [0.717, 1.165) is 5.69 Å². The van der Waals surface area contributed by atoms with E-state index in [1.807, 2.05) is 24.3 Å². The quantitative estimate of drug-likeness (QED) is 0.783. The van der Waals surface area contributed by atoms with Crippen LogP contribution in [0.5, 0.6) is 0 Å². The minimum atomic E-state index is -0.307. The molecule has 5 nitrogen and oxygen atoms in total. The van der Waals surface area contributed by atoms with Crippen molar-refractivity contribution in [1.29, 1.82) is 0 Å². The van der Waals surface area contributed by atoms with Gasteiger partial charge in [0.25, 0.3) is 5.91 Å². The first-order valence-corrected chi connectivity index (χ1v) is 5.89. The van der Waals surface area contributed by atoms with Gasteiger partial charge in [-0.15, -0.1) is 0 Å². The van der Waals surface area contributed by atoms with Gasteiger partial charge in [-0.2, -0.15) is 0 Å². The van der Waals surface area contributed by atoms with Crippen LogP contribution in [0.1, 0.15) is 10.6 Å². The molecule has 0 N–H and O–H groups in total. The van der Waals surface area contributed by atoms with Crippen LogP contribution in [-0.4, -0.2) is 25.4 Å². The summed E-state index contributed by atoms with van der Waals surface area (Å²) < 4.78 is 5.11. The van der Waals surface area contributed by atoms with E-state index < -0.39 is 0 Å². The molecule has 0 saturated carbocycles. The van der Waals surface area contributed by atoms with Crippen molar-refractivity contribution in [3.8, 4) is 0 Å². The van der Waals surface area contributed by atoms with Gasteiger partial charge >= 0.3 is 0 Å². The molecule has 0 aliphatic carbocycles. The number of carbonyl (C=O) groups is 2. The highest BCUT2D eigenvalue weighted by Gasteiger charge is 2.31. The van der Waals surface area contributed by atoms with Crippen molar-refractivity contribution in [3.05, 3.63) is 48.4 Å².